The van der Waals surface area contributed by atoms with Crippen LogP contribution in [-0.4, -0.2) is 41.3 Å². The van der Waals surface area contributed by atoms with Crippen molar-refractivity contribution in [2.75, 3.05) is 0 Å². The van der Waals surface area contributed by atoms with Gasteiger partial charge in [0.15, 0.2) is 5.82 Å². The van der Waals surface area contributed by atoms with Crippen LogP contribution in [0.3, 0.4) is 0 Å². The minimum Gasteiger partial charge on any atom is -0.481 e. The van der Waals surface area contributed by atoms with Crippen LogP contribution in [0.25, 0.3) is 11.4 Å². The van der Waals surface area contributed by atoms with Crippen LogP contribution in [0.5, 0.6) is 0 Å². The van der Waals surface area contributed by atoms with E-state index in [9.17, 15) is 9.90 Å². The van der Waals surface area contributed by atoms with E-state index < -0.39 is 11.4 Å². The van der Waals surface area contributed by atoms with Crippen LogP contribution in [-0.2, 0) is 11.3 Å². The number of aromatic nitrogens is 6. The zero-order valence-electron chi connectivity index (χ0n) is 10.8. The predicted molar refractivity (Wildman–Crippen MR) is 67.4 cm³/mol. The van der Waals surface area contributed by atoms with Gasteiger partial charge in [-0.1, -0.05) is 12.8 Å². The van der Waals surface area contributed by atoms with Gasteiger partial charge in [0.2, 0.25) is 0 Å². The van der Waals surface area contributed by atoms with Gasteiger partial charge in [-0.15, -0.1) is 5.10 Å². The summed E-state index contributed by atoms with van der Waals surface area (Å²) in [4.78, 5) is 19.5. The van der Waals surface area contributed by atoms with Crippen molar-refractivity contribution in [2.24, 2.45) is 5.41 Å². The normalized spacial score (nSPS) is 17.2. The summed E-state index contributed by atoms with van der Waals surface area (Å²) in [5.74, 6) is -0.279. The van der Waals surface area contributed by atoms with Gasteiger partial charge in [-0.25, -0.2) is 14.6 Å². The maximum absolute atomic E-state index is 11.6. The summed E-state index contributed by atoms with van der Waals surface area (Å²) in [6, 6.07) is 0. The number of carbonyl (C=O) groups is 1. The molecule has 1 aliphatic carbocycles. The lowest BCUT2D eigenvalue weighted by molar-refractivity contribution is -0.149. The Morgan fingerprint density at radius 1 is 1.30 bits per heavy atom. The third kappa shape index (κ3) is 2.13. The van der Waals surface area contributed by atoms with Gasteiger partial charge in [-0.05, 0) is 23.3 Å². The van der Waals surface area contributed by atoms with Crippen LogP contribution in [0.15, 0.2) is 18.7 Å². The highest BCUT2D eigenvalue weighted by Gasteiger charge is 2.42. The molecule has 0 spiro atoms. The molecular weight excluding hydrogens is 260 g/mol. The van der Waals surface area contributed by atoms with Gasteiger partial charge >= 0.3 is 5.97 Å². The highest BCUT2D eigenvalue weighted by atomic mass is 16.4. The molecule has 1 aliphatic rings. The van der Waals surface area contributed by atoms with Gasteiger partial charge in [-0.2, -0.15) is 0 Å². The molecule has 1 fully saturated rings. The molecule has 0 amide bonds. The number of hydrogen-bond acceptors (Lipinski definition) is 6. The average Bonchev–Trinajstić information content (AvgIpc) is 3.10. The lowest BCUT2D eigenvalue weighted by Gasteiger charge is -2.23. The fraction of sp³-hybridized carbons (Fsp3) is 0.500. The molecule has 0 unspecified atom stereocenters. The fourth-order valence-electron chi connectivity index (χ4n) is 2.71. The number of aliphatic carboxylic acids is 1. The molecule has 0 saturated heterocycles. The number of rotatable bonds is 4. The van der Waals surface area contributed by atoms with Crippen molar-refractivity contribution in [1.82, 2.24) is 30.2 Å². The monoisotopic (exact) mass is 274 g/mol. The number of nitrogens with zero attached hydrogens (tertiary/aromatic N) is 6. The average molecular weight is 274 g/mol. The lowest BCUT2D eigenvalue weighted by atomic mass is 9.86. The molecule has 2 aromatic rings. The van der Waals surface area contributed by atoms with Crippen LogP contribution in [0, 0.1) is 5.41 Å². The molecular formula is C12H14N6O2. The zero-order chi connectivity index (χ0) is 14.0. The summed E-state index contributed by atoms with van der Waals surface area (Å²) in [5, 5.41) is 21.0. The summed E-state index contributed by atoms with van der Waals surface area (Å²) in [6.45, 7) is 0.277. The van der Waals surface area contributed by atoms with E-state index >= 15 is 0 Å². The second kappa shape index (κ2) is 4.95. The Bertz CT molecular complexity index is 605. The molecule has 20 heavy (non-hydrogen) atoms. The third-order valence-electron chi connectivity index (χ3n) is 3.82. The SMILES string of the molecule is O=C(O)C1(Cn2nnnc2-c2cncnc2)CCCC1. The van der Waals surface area contributed by atoms with Gasteiger partial charge in [0.05, 0.1) is 17.5 Å². The second-order valence-electron chi connectivity index (χ2n) is 5.08. The number of tetrazole rings is 1. The molecule has 8 heteroatoms. The van der Waals surface area contributed by atoms with Crippen molar-refractivity contribution in [3.05, 3.63) is 18.7 Å². The first-order valence-corrected chi connectivity index (χ1v) is 6.46. The highest BCUT2D eigenvalue weighted by molar-refractivity contribution is 5.75. The van der Waals surface area contributed by atoms with E-state index in [2.05, 4.69) is 25.5 Å². The molecule has 3 rings (SSSR count). The smallest absolute Gasteiger partial charge is 0.311 e. The van der Waals surface area contributed by atoms with Crippen LogP contribution >= 0.6 is 0 Å². The van der Waals surface area contributed by atoms with Crippen molar-refractivity contribution in [3.63, 3.8) is 0 Å². The maximum atomic E-state index is 11.6. The molecule has 104 valence electrons. The summed E-state index contributed by atoms with van der Waals surface area (Å²) < 4.78 is 1.54. The van der Waals surface area contributed by atoms with Crippen molar-refractivity contribution in [1.29, 1.82) is 0 Å². The van der Waals surface area contributed by atoms with E-state index in [1.165, 1.54) is 11.0 Å². The first-order chi connectivity index (χ1) is 9.71. The standard InChI is InChI=1S/C12H14N6O2/c19-11(20)12(3-1-2-4-12)7-18-10(15-16-17-18)9-5-13-8-14-6-9/h5-6,8H,1-4,7H2,(H,19,20). The van der Waals surface area contributed by atoms with Crippen LogP contribution in [0.4, 0.5) is 0 Å². The molecule has 1 N–H and O–H groups in total. The molecule has 0 atom stereocenters. The first kappa shape index (κ1) is 12.6. The van der Waals surface area contributed by atoms with E-state index in [1.54, 1.807) is 12.4 Å². The molecule has 0 aromatic carbocycles. The van der Waals surface area contributed by atoms with Gasteiger partial charge < -0.3 is 5.11 Å². The van der Waals surface area contributed by atoms with Crippen LogP contribution in [0.2, 0.25) is 0 Å². The van der Waals surface area contributed by atoms with Crippen molar-refractivity contribution < 1.29 is 9.90 Å². The molecule has 1 saturated carbocycles. The zero-order valence-corrected chi connectivity index (χ0v) is 10.8. The van der Waals surface area contributed by atoms with Crippen LogP contribution in [0.1, 0.15) is 25.7 Å². The van der Waals surface area contributed by atoms with Crippen molar-refractivity contribution >= 4 is 5.97 Å². The van der Waals surface area contributed by atoms with Crippen LogP contribution < -0.4 is 0 Å². The van der Waals surface area contributed by atoms with E-state index in [0.29, 0.717) is 24.2 Å². The van der Waals surface area contributed by atoms with E-state index in [4.69, 9.17) is 0 Å². The maximum Gasteiger partial charge on any atom is 0.311 e. The Morgan fingerprint density at radius 3 is 2.65 bits per heavy atom. The minimum atomic E-state index is -0.777. The number of carboxylic acids is 1. The Hall–Kier alpha value is -2.38. The number of carboxylic acid groups (broad SMARTS) is 1. The quantitative estimate of drug-likeness (QED) is 0.877. The van der Waals surface area contributed by atoms with E-state index in [1.807, 2.05) is 0 Å². The molecule has 0 bridgehead atoms. The fourth-order valence-corrected chi connectivity index (χ4v) is 2.71. The minimum absolute atomic E-state index is 0.277. The Balaban J connectivity index is 1.93. The number of hydrogen-bond donors (Lipinski definition) is 1. The van der Waals surface area contributed by atoms with E-state index in [0.717, 1.165) is 12.8 Å². The summed E-state index contributed by atoms with van der Waals surface area (Å²) >= 11 is 0. The Morgan fingerprint density at radius 2 is 2.00 bits per heavy atom. The van der Waals surface area contributed by atoms with Gasteiger partial charge in [-0.3, -0.25) is 4.79 Å². The lowest BCUT2D eigenvalue weighted by Crippen LogP contribution is -2.33. The van der Waals surface area contributed by atoms with Crippen molar-refractivity contribution in [2.45, 2.75) is 32.2 Å². The van der Waals surface area contributed by atoms with Gasteiger partial charge in [0.1, 0.15) is 6.33 Å². The van der Waals surface area contributed by atoms with Gasteiger partial charge in [0.25, 0.3) is 0 Å². The Labute approximate surface area is 114 Å². The molecule has 0 radical (unpaired) electrons. The summed E-state index contributed by atoms with van der Waals surface area (Å²) in [7, 11) is 0. The molecule has 8 nitrogen and oxygen atoms in total. The van der Waals surface area contributed by atoms with Gasteiger partial charge in [0, 0.05) is 12.4 Å². The highest BCUT2D eigenvalue weighted by Crippen LogP contribution is 2.40. The first-order valence-electron chi connectivity index (χ1n) is 6.46. The molecule has 2 heterocycles. The second-order valence-corrected chi connectivity index (χ2v) is 5.08. The predicted octanol–water partition coefficient (Wildman–Crippen LogP) is 0.775. The Kier molecular flexibility index (Phi) is 3.13. The largest absolute Gasteiger partial charge is 0.481 e. The summed E-state index contributed by atoms with van der Waals surface area (Å²) in [6.07, 6.45) is 7.82. The third-order valence-corrected chi connectivity index (χ3v) is 3.82. The van der Waals surface area contributed by atoms with E-state index in [-0.39, 0.29) is 6.54 Å². The topological polar surface area (TPSA) is 107 Å². The molecule has 2 aromatic heterocycles. The summed E-state index contributed by atoms with van der Waals surface area (Å²) in [5.41, 5.74) is -0.0872. The van der Waals surface area contributed by atoms with Crippen molar-refractivity contribution in [3.8, 4) is 11.4 Å². The molecule has 0 aliphatic heterocycles.